The molecule has 4 nitrogen and oxygen atoms in total. The number of halogens is 1. The lowest BCUT2D eigenvalue weighted by molar-refractivity contribution is 0.0947. The summed E-state index contributed by atoms with van der Waals surface area (Å²) >= 11 is 5.84. The maximum absolute atomic E-state index is 11.9. The molecule has 0 aromatic carbocycles. The molecule has 0 unspecified atom stereocenters. The third kappa shape index (κ3) is 5.64. The summed E-state index contributed by atoms with van der Waals surface area (Å²) in [6.45, 7) is 6.60. The van der Waals surface area contributed by atoms with E-state index in [9.17, 15) is 4.79 Å². The molecule has 1 aliphatic rings. The van der Waals surface area contributed by atoms with Gasteiger partial charge in [0.15, 0.2) is 0 Å². The number of carbonyl (C=O) groups is 1. The molecule has 5 heteroatoms. The number of likely N-dealkylation sites (tertiary alicyclic amines) is 1. The van der Waals surface area contributed by atoms with Crippen LogP contribution in [0.2, 0.25) is 5.02 Å². The van der Waals surface area contributed by atoms with Crippen LogP contribution in [0.5, 0.6) is 0 Å². The Labute approximate surface area is 131 Å². The summed E-state index contributed by atoms with van der Waals surface area (Å²) in [6.07, 6.45) is 6.30. The molecule has 2 rings (SSSR count). The first-order chi connectivity index (χ1) is 10.1. The van der Waals surface area contributed by atoms with E-state index in [0.29, 0.717) is 17.3 Å². The lowest BCUT2D eigenvalue weighted by Crippen LogP contribution is -2.34. The molecule has 1 amide bonds. The zero-order chi connectivity index (χ0) is 15.1. The average molecular weight is 310 g/mol. The second-order valence-electron chi connectivity index (χ2n) is 5.85. The van der Waals surface area contributed by atoms with Crippen molar-refractivity contribution in [2.45, 2.75) is 32.6 Å². The highest BCUT2D eigenvalue weighted by molar-refractivity contribution is 6.30. The van der Waals surface area contributed by atoms with Crippen LogP contribution >= 0.6 is 11.6 Å². The fourth-order valence-corrected chi connectivity index (χ4v) is 2.73. The fraction of sp³-hybridized carbons (Fsp3) is 0.625. The summed E-state index contributed by atoms with van der Waals surface area (Å²) in [5.74, 6) is 0.732. The molecule has 1 N–H and O–H groups in total. The number of nitrogens with zero attached hydrogens (tertiary/aromatic N) is 2. The Kier molecular flexibility index (Phi) is 6.46. The number of hydrogen-bond acceptors (Lipinski definition) is 3. The van der Waals surface area contributed by atoms with E-state index in [1.165, 1.54) is 25.9 Å². The second kappa shape index (κ2) is 8.35. The number of unbranched alkanes of at least 4 members (excludes halogenated alkanes) is 1. The van der Waals surface area contributed by atoms with Crippen LogP contribution in [0.15, 0.2) is 18.3 Å². The summed E-state index contributed by atoms with van der Waals surface area (Å²) in [5, 5.41) is 3.43. The number of rotatable bonds is 6. The SMILES string of the molecule is CC1CCN(CCCCNC(=O)c2cc(Cl)ccn2)CC1. The van der Waals surface area contributed by atoms with Crippen molar-refractivity contribution in [1.29, 1.82) is 0 Å². The van der Waals surface area contributed by atoms with Crippen molar-refractivity contribution in [3.63, 3.8) is 0 Å². The molecule has 0 aliphatic carbocycles. The summed E-state index contributed by atoms with van der Waals surface area (Å²) in [7, 11) is 0. The minimum atomic E-state index is -0.149. The van der Waals surface area contributed by atoms with Crippen LogP contribution in [0.25, 0.3) is 0 Å². The molecule has 1 aromatic rings. The Bertz CT molecular complexity index is 459. The molecular weight excluding hydrogens is 286 g/mol. The molecule has 116 valence electrons. The highest BCUT2D eigenvalue weighted by Crippen LogP contribution is 2.16. The lowest BCUT2D eigenvalue weighted by atomic mass is 9.99. The Balaban J connectivity index is 1.58. The highest BCUT2D eigenvalue weighted by atomic mass is 35.5. The molecule has 1 saturated heterocycles. The lowest BCUT2D eigenvalue weighted by Gasteiger charge is -2.30. The van der Waals surface area contributed by atoms with Crippen molar-refractivity contribution in [3.05, 3.63) is 29.0 Å². The van der Waals surface area contributed by atoms with E-state index >= 15 is 0 Å². The number of aromatic nitrogens is 1. The Morgan fingerprint density at radius 1 is 1.43 bits per heavy atom. The quantitative estimate of drug-likeness (QED) is 0.822. The van der Waals surface area contributed by atoms with E-state index in [4.69, 9.17) is 11.6 Å². The topological polar surface area (TPSA) is 45.2 Å². The zero-order valence-electron chi connectivity index (χ0n) is 12.6. The van der Waals surface area contributed by atoms with Gasteiger partial charge in [-0.1, -0.05) is 18.5 Å². The first kappa shape index (κ1) is 16.2. The molecule has 1 fully saturated rings. The fourth-order valence-electron chi connectivity index (χ4n) is 2.57. The highest BCUT2D eigenvalue weighted by Gasteiger charge is 2.14. The van der Waals surface area contributed by atoms with Crippen LogP contribution in [0.3, 0.4) is 0 Å². The van der Waals surface area contributed by atoms with Crippen LogP contribution in [-0.2, 0) is 0 Å². The Hall–Kier alpha value is -1.13. The Morgan fingerprint density at radius 3 is 2.90 bits per heavy atom. The van der Waals surface area contributed by atoms with Gasteiger partial charge in [-0.15, -0.1) is 0 Å². The summed E-state index contributed by atoms with van der Waals surface area (Å²) in [6, 6.07) is 3.25. The molecule has 0 radical (unpaired) electrons. The smallest absolute Gasteiger partial charge is 0.269 e. The first-order valence-electron chi connectivity index (χ1n) is 7.77. The van der Waals surface area contributed by atoms with E-state index < -0.39 is 0 Å². The van der Waals surface area contributed by atoms with Crippen molar-refractivity contribution in [2.75, 3.05) is 26.2 Å². The van der Waals surface area contributed by atoms with Crippen molar-refractivity contribution in [1.82, 2.24) is 15.2 Å². The second-order valence-corrected chi connectivity index (χ2v) is 6.28. The zero-order valence-corrected chi connectivity index (χ0v) is 13.4. The van der Waals surface area contributed by atoms with Gasteiger partial charge in [0.2, 0.25) is 0 Å². The van der Waals surface area contributed by atoms with Gasteiger partial charge >= 0.3 is 0 Å². The molecule has 1 aromatic heterocycles. The summed E-state index contributed by atoms with van der Waals surface area (Å²) < 4.78 is 0. The first-order valence-corrected chi connectivity index (χ1v) is 8.15. The molecule has 0 spiro atoms. The van der Waals surface area contributed by atoms with Gasteiger partial charge in [-0.05, 0) is 63.4 Å². The van der Waals surface area contributed by atoms with Gasteiger partial charge in [0.1, 0.15) is 5.69 Å². The van der Waals surface area contributed by atoms with Crippen LogP contribution in [0.4, 0.5) is 0 Å². The number of carbonyl (C=O) groups excluding carboxylic acids is 1. The van der Waals surface area contributed by atoms with Crippen molar-refractivity contribution in [2.24, 2.45) is 5.92 Å². The molecule has 21 heavy (non-hydrogen) atoms. The third-order valence-electron chi connectivity index (χ3n) is 4.02. The van der Waals surface area contributed by atoms with Crippen LogP contribution < -0.4 is 5.32 Å². The molecule has 2 heterocycles. The van der Waals surface area contributed by atoms with E-state index in [1.807, 2.05) is 0 Å². The average Bonchev–Trinajstić information content (AvgIpc) is 2.48. The van der Waals surface area contributed by atoms with E-state index in [2.05, 4.69) is 22.1 Å². The van der Waals surface area contributed by atoms with Gasteiger partial charge in [0.05, 0.1) is 0 Å². The van der Waals surface area contributed by atoms with E-state index in [-0.39, 0.29) is 5.91 Å². The third-order valence-corrected chi connectivity index (χ3v) is 4.25. The maximum Gasteiger partial charge on any atom is 0.269 e. The predicted octanol–water partition coefficient (Wildman–Crippen LogP) is 2.98. The number of amides is 1. The minimum Gasteiger partial charge on any atom is -0.351 e. The van der Waals surface area contributed by atoms with Crippen molar-refractivity contribution >= 4 is 17.5 Å². The number of piperidine rings is 1. The van der Waals surface area contributed by atoms with Gasteiger partial charge in [-0.2, -0.15) is 0 Å². The predicted molar refractivity (Wildman–Crippen MR) is 85.7 cm³/mol. The molecule has 0 atom stereocenters. The van der Waals surface area contributed by atoms with Gasteiger partial charge in [-0.25, -0.2) is 0 Å². The molecule has 1 aliphatic heterocycles. The normalized spacial score (nSPS) is 16.9. The standard InChI is InChI=1S/C16H24ClN3O/c1-13-5-10-20(11-6-13)9-3-2-7-19-16(21)15-12-14(17)4-8-18-15/h4,8,12-13H,2-3,5-7,9-11H2,1H3,(H,19,21). The molecule has 0 saturated carbocycles. The minimum absolute atomic E-state index is 0.149. The maximum atomic E-state index is 11.9. The summed E-state index contributed by atoms with van der Waals surface area (Å²) in [5.41, 5.74) is 0.382. The Morgan fingerprint density at radius 2 is 2.19 bits per heavy atom. The van der Waals surface area contributed by atoms with E-state index in [0.717, 1.165) is 25.3 Å². The molecule has 0 bridgehead atoms. The van der Waals surface area contributed by atoms with Crippen LogP contribution in [-0.4, -0.2) is 42.0 Å². The van der Waals surface area contributed by atoms with Crippen molar-refractivity contribution in [3.8, 4) is 0 Å². The number of pyridine rings is 1. The van der Waals surface area contributed by atoms with Gasteiger partial charge in [0, 0.05) is 17.8 Å². The van der Waals surface area contributed by atoms with Gasteiger partial charge in [0.25, 0.3) is 5.91 Å². The van der Waals surface area contributed by atoms with Crippen LogP contribution in [0, 0.1) is 5.92 Å². The van der Waals surface area contributed by atoms with Crippen molar-refractivity contribution < 1.29 is 4.79 Å². The van der Waals surface area contributed by atoms with Crippen LogP contribution in [0.1, 0.15) is 43.1 Å². The number of hydrogen-bond donors (Lipinski definition) is 1. The summed E-state index contributed by atoms with van der Waals surface area (Å²) in [4.78, 5) is 18.4. The number of nitrogens with one attached hydrogen (secondary N) is 1. The molecular formula is C16H24ClN3O. The van der Waals surface area contributed by atoms with E-state index in [1.54, 1.807) is 18.3 Å². The largest absolute Gasteiger partial charge is 0.351 e. The monoisotopic (exact) mass is 309 g/mol. The van der Waals surface area contributed by atoms with Gasteiger partial charge < -0.3 is 10.2 Å². The van der Waals surface area contributed by atoms with Gasteiger partial charge in [-0.3, -0.25) is 9.78 Å².